The molecule has 1 amide bonds. The van der Waals surface area contributed by atoms with E-state index in [2.05, 4.69) is 25.7 Å². The van der Waals surface area contributed by atoms with Crippen LogP contribution in [-0.2, 0) is 4.79 Å². The van der Waals surface area contributed by atoms with Crippen LogP contribution in [0.4, 0.5) is 5.69 Å². The van der Waals surface area contributed by atoms with Gasteiger partial charge in [-0.3, -0.25) is 4.79 Å². The lowest BCUT2D eigenvalue weighted by Gasteiger charge is -2.24. The Kier molecular flexibility index (Phi) is 4.30. The molecule has 1 N–H and O–H groups in total. The van der Waals surface area contributed by atoms with E-state index in [0.717, 1.165) is 22.7 Å². The number of hydrogen-bond acceptors (Lipinski definition) is 6. The average Bonchev–Trinajstić information content (AvgIpc) is 3.12. The number of rotatable bonds is 5. The highest BCUT2D eigenvalue weighted by Crippen LogP contribution is 2.16. The summed E-state index contributed by atoms with van der Waals surface area (Å²) in [4.78, 5) is 12.2. The number of hydrazone groups is 1. The molecule has 8 heteroatoms. The quantitative estimate of drug-likeness (QED) is 0.760. The summed E-state index contributed by atoms with van der Waals surface area (Å²) in [6.07, 6.45) is 2.73. The molecule has 3 aromatic rings. The first kappa shape index (κ1) is 16.2. The highest BCUT2D eigenvalue weighted by atomic mass is 16.2. The van der Waals surface area contributed by atoms with Crippen LogP contribution in [-0.4, -0.2) is 49.5 Å². The van der Waals surface area contributed by atoms with Crippen LogP contribution >= 0.6 is 0 Å². The summed E-state index contributed by atoms with van der Waals surface area (Å²) in [5.41, 5.74) is 4.37. The van der Waals surface area contributed by atoms with Crippen LogP contribution < -0.4 is 5.32 Å². The van der Waals surface area contributed by atoms with Crippen LogP contribution in [0.25, 0.3) is 5.65 Å². The predicted octanol–water partition coefficient (Wildman–Crippen LogP) is 1.87. The monoisotopic (exact) mass is 349 g/mol. The Morgan fingerprint density at radius 1 is 1.19 bits per heavy atom. The average molecular weight is 349 g/mol. The number of fused-ring (bicyclic) bond motifs is 1. The smallest absolute Gasteiger partial charge is 0.243 e. The van der Waals surface area contributed by atoms with Crippen molar-refractivity contribution in [3.63, 3.8) is 0 Å². The maximum atomic E-state index is 12.2. The van der Waals surface area contributed by atoms with Gasteiger partial charge >= 0.3 is 0 Å². The zero-order valence-electron chi connectivity index (χ0n) is 14.5. The molecule has 0 atom stereocenters. The first-order chi connectivity index (χ1) is 12.7. The molecule has 132 valence electrons. The van der Waals surface area contributed by atoms with Crippen LogP contribution in [0, 0.1) is 6.92 Å². The minimum absolute atomic E-state index is 0.0463. The third kappa shape index (κ3) is 3.26. The van der Waals surface area contributed by atoms with E-state index in [1.807, 2.05) is 43.3 Å². The molecule has 1 aliphatic heterocycles. The zero-order valence-corrected chi connectivity index (χ0v) is 14.5. The number of anilines is 1. The van der Waals surface area contributed by atoms with Crippen LogP contribution in [0.15, 0.2) is 47.8 Å². The lowest BCUT2D eigenvalue weighted by molar-refractivity contribution is -0.131. The summed E-state index contributed by atoms with van der Waals surface area (Å²) in [6.45, 7) is 2.95. The molecular weight excluding hydrogens is 330 g/mol. The van der Waals surface area contributed by atoms with Crippen LogP contribution in [0.1, 0.15) is 24.1 Å². The molecule has 0 spiro atoms. The molecule has 26 heavy (non-hydrogen) atoms. The number of carbonyl (C=O) groups excluding carboxylic acids is 1. The molecule has 4 rings (SSSR count). The largest absolute Gasteiger partial charge is 0.380 e. The summed E-state index contributed by atoms with van der Waals surface area (Å²) in [5.74, 6) is 0.0463. The molecule has 3 heterocycles. The third-order valence-corrected chi connectivity index (χ3v) is 4.24. The van der Waals surface area contributed by atoms with Gasteiger partial charge in [-0.25, -0.2) is 5.01 Å². The molecule has 0 saturated heterocycles. The maximum absolute atomic E-state index is 12.2. The number of amides is 1. The van der Waals surface area contributed by atoms with Crippen LogP contribution in [0.3, 0.4) is 0 Å². The Morgan fingerprint density at radius 3 is 2.88 bits per heavy atom. The van der Waals surface area contributed by atoms with Crippen molar-refractivity contribution in [3.8, 4) is 0 Å². The van der Waals surface area contributed by atoms with Gasteiger partial charge in [-0.2, -0.15) is 14.7 Å². The molecule has 1 aliphatic rings. The van der Waals surface area contributed by atoms with Gasteiger partial charge in [0.2, 0.25) is 11.6 Å². The number of hydrogen-bond donors (Lipinski definition) is 1. The van der Waals surface area contributed by atoms with Crippen LogP contribution in [0.2, 0.25) is 0 Å². The zero-order chi connectivity index (χ0) is 17.9. The summed E-state index contributed by atoms with van der Waals surface area (Å²) < 4.78 is 1.63. The second kappa shape index (κ2) is 6.91. The summed E-state index contributed by atoms with van der Waals surface area (Å²) in [7, 11) is 0. The minimum atomic E-state index is 0.0463. The number of aryl methyl sites for hydroxylation is 1. The van der Waals surface area contributed by atoms with Gasteiger partial charge in [0.05, 0.1) is 23.6 Å². The molecule has 1 aromatic carbocycles. The fraction of sp³-hybridized carbons (Fsp3) is 0.278. The molecule has 2 aromatic heterocycles. The van der Waals surface area contributed by atoms with Gasteiger partial charge < -0.3 is 5.32 Å². The van der Waals surface area contributed by atoms with Crippen molar-refractivity contribution < 1.29 is 4.79 Å². The van der Waals surface area contributed by atoms with Crippen molar-refractivity contribution in [2.24, 2.45) is 5.10 Å². The molecule has 0 fully saturated rings. The first-order valence-corrected chi connectivity index (χ1v) is 8.55. The summed E-state index contributed by atoms with van der Waals surface area (Å²) in [6, 6.07) is 11.9. The molecule has 0 aliphatic carbocycles. The second-order valence-electron chi connectivity index (χ2n) is 6.15. The Hall–Kier alpha value is -3.29. The van der Waals surface area contributed by atoms with Crippen molar-refractivity contribution in [1.82, 2.24) is 24.8 Å². The van der Waals surface area contributed by atoms with Gasteiger partial charge in [0.15, 0.2) is 0 Å². The van der Waals surface area contributed by atoms with Crippen molar-refractivity contribution in [2.45, 2.75) is 19.8 Å². The molecule has 0 unspecified atom stereocenters. The number of carbonyl (C=O) groups is 1. The predicted molar refractivity (Wildman–Crippen MR) is 97.9 cm³/mol. The van der Waals surface area contributed by atoms with E-state index in [1.54, 1.807) is 15.9 Å². The standard InChI is InChI=1S/C18H19N7O/c1-13-11-16(18-21-20-12-25(18)22-13)19-9-10-24-17(26)8-7-15(23-24)14-5-3-2-4-6-14/h2-6,11-12,19H,7-10H2,1H3. The molecule has 8 nitrogen and oxygen atoms in total. The number of benzene rings is 1. The van der Waals surface area contributed by atoms with Gasteiger partial charge in [-0.05, 0) is 18.6 Å². The highest BCUT2D eigenvalue weighted by molar-refractivity contribution is 6.04. The summed E-state index contributed by atoms with van der Waals surface area (Å²) in [5, 5.41) is 21.7. The lowest BCUT2D eigenvalue weighted by atomic mass is 10.0. The maximum Gasteiger partial charge on any atom is 0.243 e. The molecular formula is C18H19N7O. The van der Waals surface area contributed by atoms with Gasteiger partial charge in [0, 0.05) is 19.4 Å². The van der Waals surface area contributed by atoms with E-state index in [0.29, 0.717) is 31.6 Å². The topological polar surface area (TPSA) is 87.8 Å². The van der Waals surface area contributed by atoms with Crippen LogP contribution in [0.5, 0.6) is 0 Å². The highest BCUT2D eigenvalue weighted by Gasteiger charge is 2.21. The van der Waals surface area contributed by atoms with Crippen molar-refractivity contribution >= 4 is 23.0 Å². The van der Waals surface area contributed by atoms with Crippen molar-refractivity contribution in [2.75, 3.05) is 18.4 Å². The van der Waals surface area contributed by atoms with Gasteiger partial charge in [0.1, 0.15) is 6.33 Å². The lowest BCUT2D eigenvalue weighted by Crippen LogP contribution is -2.35. The number of nitrogens with one attached hydrogen (secondary N) is 1. The van der Waals surface area contributed by atoms with Crippen molar-refractivity contribution in [1.29, 1.82) is 0 Å². The van der Waals surface area contributed by atoms with E-state index < -0.39 is 0 Å². The van der Waals surface area contributed by atoms with Crippen molar-refractivity contribution in [3.05, 3.63) is 54.0 Å². The van der Waals surface area contributed by atoms with Gasteiger partial charge in [-0.15, -0.1) is 10.2 Å². The Labute approximate surface area is 150 Å². The minimum Gasteiger partial charge on any atom is -0.380 e. The fourth-order valence-corrected chi connectivity index (χ4v) is 2.99. The Bertz CT molecular complexity index is 964. The van der Waals surface area contributed by atoms with E-state index >= 15 is 0 Å². The molecule has 0 saturated carbocycles. The third-order valence-electron chi connectivity index (χ3n) is 4.24. The normalized spacial score (nSPS) is 14.6. The van der Waals surface area contributed by atoms with Gasteiger partial charge in [0.25, 0.3) is 0 Å². The number of aromatic nitrogens is 4. The Morgan fingerprint density at radius 2 is 2.04 bits per heavy atom. The molecule has 0 radical (unpaired) electrons. The van der Waals surface area contributed by atoms with Gasteiger partial charge in [-0.1, -0.05) is 30.3 Å². The first-order valence-electron chi connectivity index (χ1n) is 8.55. The van der Waals surface area contributed by atoms with E-state index in [1.165, 1.54) is 0 Å². The van der Waals surface area contributed by atoms with E-state index in [9.17, 15) is 4.79 Å². The van der Waals surface area contributed by atoms with E-state index in [4.69, 9.17) is 0 Å². The summed E-state index contributed by atoms with van der Waals surface area (Å²) >= 11 is 0. The number of nitrogens with zero attached hydrogens (tertiary/aromatic N) is 6. The Balaban J connectivity index is 1.46. The van der Waals surface area contributed by atoms with E-state index in [-0.39, 0.29) is 5.91 Å². The molecule has 0 bridgehead atoms. The fourth-order valence-electron chi connectivity index (χ4n) is 2.99. The second-order valence-corrected chi connectivity index (χ2v) is 6.15. The SMILES string of the molecule is Cc1cc(NCCN2N=C(c3ccccc3)CCC2=O)c2nncn2n1.